The average Bonchev–Trinajstić information content (AvgIpc) is 2.29. The van der Waals surface area contributed by atoms with Gasteiger partial charge in [0.2, 0.25) is 5.91 Å². The van der Waals surface area contributed by atoms with Gasteiger partial charge in [0.05, 0.1) is 11.6 Å². The minimum absolute atomic E-state index is 0.0716. The molecule has 0 fully saturated rings. The molecule has 0 heterocycles. The molecule has 0 bridgehead atoms. The molecule has 2 atom stereocenters. The number of rotatable bonds is 5. The van der Waals surface area contributed by atoms with Crippen molar-refractivity contribution in [3.8, 4) is 5.75 Å². The van der Waals surface area contributed by atoms with E-state index in [1.54, 1.807) is 26.0 Å². The first-order chi connectivity index (χ1) is 8.41. The molecule has 3 N–H and O–H groups in total. The summed E-state index contributed by atoms with van der Waals surface area (Å²) in [6.07, 6.45) is 0. The second kappa shape index (κ2) is 6.30. The number of alkyl halides is 2. The first-order valence-electron chi connectivity index (χ1n) is 5.52. The number of ether oxygens (including phenoxy) is 1. The molecule has 1 rings (SSSR count). The first kappa shape index (κ1) is 14.4. The summed E-state index contributed by atoms with van der Waals surface area (Å²) in [5.74, 6) is -0.836. The maximum Gasteiger partial charge on any atom is 0.387 e. The maximum absolute atomic E-state index is 12.2. The van der Waals surface area contributed by atoms with Crippen LogP contribution < -0.4 is 15.8 Å². The highest BCUT2D eigenvalue weighted by atomic mass is 19.3. The fraction of sp³-hybridized carbons (Fsp3) is 0.417. The number of para-hydroxylation sites is 2. The summed E-state index contributed by atoms with van der Waals surface area (Å²) in [5, 5.41) is 2.52. The lowest BCUT2D eigenvalue weighted by Crippen LogP contribution is -2.34. The molecule has 6 heteroatoms. The second-order valence-corrected chi connectivity index (χ2v) is 4.01. The van der Waals surface area contributed by atoms with Gasteiger partial charge in [-0.3, -0.25) is 4.79 Å². The summed E-state index contributed by atoms with van der Waals surface area (Å²) in [6, 6.07) is 5.68. The van der Waals surface area contributed by atoms with Gasteiger partial charge in [-0.15, -0.1) is 0 Å². The summed E-state index contributed by atoms with van der Waals surface area (Å²) in [5.41, 5.74) is 5.80. The van der Waals surface area contributed by atoms with Crippen molar-refractivity contribution in [3.63, 3.8) is 0 Å². The van der Waals surface area contributed by atoms with E-state index in [-0.39, 0.29) is 23.4 Å². The van der Waals surface area contributed by atoms with E-state index >= 15 is 0 Å². The van der Waals surface area contributed by atoms with Gasteiger partial charge in [-0.1, -0.05) is 19.1 Å². The molecule has 1 aromatic rings. The highest BCUT2D eigenvalue weighted by molar-refractivity contribution is 5.94. The molecule has 1 amide bonds. The number of hydrogen-bond acceptors (Lipinski definition) is 3. The molecule has 0 aliphatic carbocycles. The van der Waals surface area contributed by atoms with E-state index < -0.39 is 12.5 Å². The van der Waals surface area contributed by atoms with E-state index in [4.69, 9.17) is 5.73 Å². The van der Waals surface area contributed by atoms with Crippen molar-refractivity contribution in [2.45, 2.75) is 26.5 Å². The molecule has 0 aromatic heterocycles. The van der Waals surface area contributed by atoms with Crippen LogP contribution in [-0.2, 0) is 4.79 Å². The number of nitrogens with one attached hydrogen (secondary N) is 1. The number of nitrogens with two attached hydrogens (primary N) is 1. The molecule has 0 spiro atoms. The Hall–Kier alpha value is -1.69. The van der Waals surface area contributed by atoms with Gasteiger partial charge in [0.1, 0.15) is 5.75 Å². The van der Waals surface area contributed by atoms with Crippen molar-refractivity contribution >= 4 is 11.6 Å². The van der Waals surface area contributed by atoms with Crippen LogP contribution in [0.2, 0.25) is 0 Å². The zero-order valence-corrected chi connectivity index (χ0v) is 10.2. The molecule has 0 saturated heterocycles. The average molecular weight is 258 g/mol. The molecule has 0 saturated carbocycles. The zero-order chi connectivity index (χ0) is 13.7. The van der Waals surface area contributed by atoms with Gasteiger partial charge in [0.15, 0.2) is 0 Å². The van der Waals surface area contributed by atoms with Gasteiger partial charge in [-0.25, -0.2) is 0 Å². The lowest BCUT2D eigenvalue weighted by Gasteiger charge is -2.17. The molecule has 0 radical (unpaired) electrons. The van der Waals surface area contributed by atoms with Crippen LogP contribution >= 0.6 is 0 Å². The summed E-state index contributed by atoms with van der Waals surface area (Å²) >= 11 is 0. The van der Waals surface area contributed by atoms with Gasteiger partial charge in [0.25, 0.3) is 0 Å². The van der Waals surface area contributed by atoms with Gasteiger partial charge in [-0.05, 0) is 19.1 Å². The number of benzene rings is 1. The second-order valence-electron chi connectivity index (χ2n) is 4.01. The number of hydrogen-bond donors (Lipinski definition) is 2. The predicted octanol–water partition coefficient (Wildman–Crippen LogP) is 2.21. The van der Waals surface area contributed by atoms with Crippen LogP contribution in [0.4, 0.5) is 14.5 Å². The van der Waals surface area contributed by atoms with Gasteiger partial charge in [0, 0.05) is 6.04 Å². The molecule has 0 aliphatic heterocycles. The molecule has 0 aliphatic rings. The van der Waals surface area contributed by atoms with Crippen LogP contribution in [0.15, 0.2) is 24.3 Å². The summed E-state index contributed by atoms with van der Waals surface area (Å²) in [7, 11) is 0. The number of carbonyl (C=O) groups excluding carboxylic acids is 1. The van der Waals surface area contributed by atoms with E-state index in [1.807, 2.05) is 0 Å². The Kier molecular flexibility index (Phi) is 5.03. The van der Waals surface area contributed by atoms with E-state index in [1.165, 1.54) is 12.1 Å². The van der Waals surface area contributed by atoms with Crippen molar-refractivity contribution < 1.29 is 18.3 Å². The highest BCUT2D eigenvalue weighted by Crippen LogP contribution is 2.26. The van der Waals surface area contributed by atoms with Gasteiger partial charge < -0.3 is 15.8 Å². The molecule has 1 aromatic carbocycles. The van der Waals surface area contributed by atoms with Crippen molar-refractivity contribution in [2.75, 3.05) is 5.32 Å². The van der Waals surface area contributed by atoms with Crippen LogP contribution in [0.3, 0.4) is 0 Å². The minimum Gasteiger partial charge on any atom is -0.433 e. The Morgan fingerprint density at radius 3 is 2.50 bits per heavy atom. The van der Waals surface area contributed by atoms with Crippen LogP contribution in [0.1, 0.15) is 13.8 Å². The molecular formula is C12H16F2N2O2. The Balaban J connectivity index is 2.81. The fourth-order valence-electron chi connectivity index (χ4n) is 1.25. The van der Waals surface area contributed by atoms with Crippen molar-refractivity contribution in [3.05, 3.63) is 24.3 Å². The van der Waals surface area contributed by atoms with E-state index in [2.05, 4.69) is 10.1 Å². The van der Waals surface area contributed by atoms with E-state index in [0.717, 1.165) is 0 Å². The molecule has 4 nitrogen and oxygen atoms in total. The van der Waals surface area contributed by atoms with Crippen LogP contribution in [0, 0.1) is 5.92 Å². The largest absolute Gasteiger partial charge is 0.433 e. The molecular weight excluding hydrogens is 242 g/mol. The standard InChI is InChI=1S/C12H16F2N2O2/c1-7(8(2)15)11(17)16-9-5-3-4-6-10(9)18-12(13)14/h3-8,12H,15H2,1-2H3,(H,16,17). The van der Waals surface area contributed by atoms with E-state index in [0.29, 0.717) is 0 Å². The highest BCUT2D eigenvalue weighted by Gasteiger charge is 2.19. The van der Waals surface area contributed by atoms with Crippen molar-refractivity contribution in [1.29, 1.82) is 0 Å². The smallest absolute Gasteiger partial charge is 0.387 e. The minimum atomic E-state index is -2.94. The number of anilines is 1. The Morgan fingerprint density at radius 1 is 1.33 bits per heavy atom. The summed E-state index contributed by atoms with van der Waals surface area (Å²) < 4.78 is 28.6. The van der Waals surface area contributed by atoms with Crippen molar-refractivity contribution in [2.24, 2.45) is 11.7 Å². The third-order valence-electron chi connectivity index (χ3n) is 2.56. The summed E-state index contributed by atoms with van der Waals surface area (Å²) in [6.45, 7) is 0.427. The third-order valence-corrected chi connectivity index (χ3v) is 2.56. The maximum atomic E-state index is 12.2. The van der Waals surface area contributed by atoms with Crippen molar-refractivity contribution in [1.82, 2.24) is 0 Å². The van der Waals surface area contributed by atoms with Crippen LogP contribution in [0.25, 0.3) is 0 Å². The number of halogens is 2. The fourth-order valence-corrected chi connectivity index (χ4v) is 1.25. The Bertz CT molecular complexity index is 411. The first-order valence-corrected chi connectivity index (χ1v) is 5.52. The predicted molar refractivity (Wildman–Crippen MR) is 64.5 cm³/mol. The lowest BCUT2D eigenvalue weighted by atomic mass is 10.0. The van der Waals surface area contributed by atoms with Crippen LogP contribution in [0.5, 0.6) is 5.75 Å². The quantitative estimate of drug-likeness (QED) is 0.851. The Labute approximate surface area is 104 Å². The topological polar surface area (TPSA) is 64.4 Å². The molecule has 2 unspecified atom stereocenters. The zero-order valence-electron chi connectivity index (χ0n) is 10.2. The summed E-state index contributed by atoms with van der Waals surface area (Å²) in [4.78, 5) is 11.8. The Morgan fingerprint density at radius 2 is 1.94 bits per heavy atom. The molecule has 100 valence electrons. The number of amides is 1. The van der Waals surface area contributed by atoms with E-state index in [9.17, 15) is 13.6 Å². The van der Waals surface area contributed by atoms with Crippen LogP contribution in [-0.4, -0.2) is 18.6 Å². The molecule has 18 heavy (non-hydrogen) atoms. The van der Waals surface area contributed by atoms with Gasteiger partial charge in [-0.2, -0.15) is 8.78 Å². The lowest BCUT2D eigenvalue weighted by molar-refractivity contribution is -0.119. The number of carbonyl (C=O) groups is 1. The monoisotopic (exact) mass is 258 g/mol. The third kappa shape index (κ3) is 3.96. The SMILES string of the molecule is CC(N)C(C)C(=O)Nc1ccccc1OC(F)F. The normalized spacial score (nSPS) is 14.1. The van der Waals surface area contributed by atoms with Gasteiger partial charge >= 0.3 is 6.61 Å².